The van der Waals surface area contributed by atoms with Crippen molar-refractivity contribution in [2.45, 2.75) is 11.8 Å². The number of carbonyl (C=O) groups excluding carboxylic acids is 1. The van der Waals surface area contributed by atoms with Crippen LogP contribution in [0.5, 0.6) is 0 Å². The van der Waals surface area contributed by atoms with Crippen LogP contribution < -0.4 is 0 Å². The molecule has 0 spiro atoms. The Morgan fingerprint density at radius 3 is 1.89 bits per heavy atom. The summed E-state index contributed by atoms with van der Waals surface area (Å²) in [6, 6.07) is 16.0. The summed E-state index contributed by atoms with van der Waals surface area (Å²) in [6.45, 7) is 1.85. The highest BCUT2D eigenvalue weighted by Gasteiger charge is 2.18. The summed E-state index contributed by atoms with van der Waals surface area (Å²) in [6.07, 6.45) is 0. The number of benzene rings is 2. The maximum absolute atomic E-state index is 12.3. The van der Waals surface area contributed by atoms with Crippen LogP contribution in [-0.2, 0) is 0 Å². The SMILES string of the molecule is CC(Br)C(=O)n1c2ccccc2c2ccccc21. The van der Waals surface area contributed by atoms with E-state index in [9.17, 15) is 4.79 Å². The Morgan fingerprint density at radius 2 is 1.44 bits per heavy atom. The van der Waals surface area contributed by atoms with Gasteiger partial charge in [-0.05, 0) is 19.1 Å². The third-order valence-corrected chi connectivity index (χ3v) is 3.53. The molecule has 0 aliphatic heterocycles. The number of fused-ring (bicyclic) bond motifs is 3. The third-order valence-electron chi connectivity index (χ3n) is 3.14. The molecule has 1 atom stereocenters. The minimum Gasteiger partial charge on any atom is -0.279 e. The summed E-state index contributed by atoms with van der Waals surface area (Å²) < 4.78 is 1.80. The Morgan fingerprint density at radius 1 is 1.00 bits per heavy atom. The van der Waals surface area contributed by atoms with Crippen molar-refractivity contribution in [3.8, 4) is 0 Å². The van der Waals surface area contributed by atoms with Gasteiger partial charge in [-0.3, -0.25) is 9.36 Å². The van der Waals surface area contributed by atoms with Crippen LogP contribution in [0.15, 0.2) is 48.5 Å². The van der Waals surface area contributed by atoms with Crippen LogP contribution in [0.2, 0.25) is 0 Å². The minimum absolute atomic E-state index is 0.0624. The molecule has 1 unspecified atom stereocenters. The van der Waals surface area contributed by atoms with Gasteiger partial charge in [-0.1, -0.05) is 52.3 Å². The molecule has 0 amide bonds. The highest BCUT2D eigenvalue weighted by Crippen LogP contribution is 2.29. The Kier molecular flexibility index (Phi) is 2.71. The van der Waals surface area contributed by atoms with E-state index < -0.39 is 0 Å². The van der Waals surface area contributed by atoms with Crippen LogP contribution in [0.25, 0.3) is 21.8 Å². The predicted molar refractivity (Wildman–Crippen MR) is 78.5 cm³/mol. The topological polar surface area (TPSA) is 22.0 Å². The van der Waals surface area contributed by atoms with Crippen LogP contribution in [0.1, 0.15) is 11.7 Å². The van der Waals surface area contributed by atoms with Crippen LogP contribution >= 0.6 is 15.9 Å². The predicted octanol–water partition coefficient (Wildman–Crippen LogP) is 4.22. The van der Waals surface area contributed by atoms with Crippen LogP contribution in [-0.4, -0.2) is 15.3 Å². The van der Waals surface area contributed by atoms with Gasteiger partial charge >= 0.3 is 0 Å². The van der Waals surface area contributed by atoms with E-state index in [1.54, 1.807) is 4.57 Å². The number of nitrogens with zero attached hydrogens (tertiary/aromatic N) is 1. The zero-order chi connectivity index (χ0) is 12.7. The van der Waals surface area contributed by atoms with Gasteiger partial charge in [0.2, 0.25) is 5.91 Å². The molecular formula is C15H12BrNO. The van der Waals surface area contributed by atoms with Crippen molar-refractivity contribution in [3.05, 3.63) is 48.5 Å². The lowest BCUT2D eigenvalue weighted by molar-refractivity contribution is 0.0927. The molecular weight excluding hydrogens is 290 g/mol. The van der Waals surface area contributed by atoms with E-state index in [2.05, 4.69) is 28.1 Å². The van der Waals surface area contributed by atoms with Crippen molar-refractivity contribution in [2.75, 3.05) is 0 Å². The van der Waals surface area contributed by atoms with Crippen molar-refractivity contribution in [3.63, 3.8) is 0 Å². The van der Waals surface area contributed by atoms with Crippen molar-refractivity contribution in [2.24, 2.45) is 0 Å². The largest absolute Gasteiger partial charge is 0.279 e. The average Bonchev–Trinajstić information content (AvgIpc) is 2.72. The number of hydrogen-bond donors (Lipinski definition) is 0. The fraction of sp³-hybridized carbons (Fsp3) is 0.133. The normalized spacial score (nSPS) is 13.0. The molecule has 0 saturated carbocycles. The molecule has 2 nitrogen and oxygen atoms in total. The molecule has 1 aromatic heterocycles. The Labute approximate surface area is 113 Å². The zero-order valence-electron chi connectivity index (χ0n) is 9.93. The van der Waals surface area contributed by atoms with Crippen LogP contribution in [0.4, 0.5) is 0 Å². The molecule has 3 rings (SSSR count). The molecule has 2 aromatic carbocycles. The molecule has 0 bridgehead atoms. The molecule has 3 heteroatoms. The number of para-hydroxylation sites is 2. The van der Waals surface area contributed by atoms with E-state index in [-0.39, 0.29) is 10.7 Å². The van der Waals surface area contributed by atoms with Crippen molar-refractivity contribution in [1.82, 2.24) is 4.57 Å². The molecule has 3 aromatic rings. The molecule has 0 saturated heterocycles. The molecule has 18 heavy (non-hydrogen) atoms. The lowest BCUT2D eigenvalue weighted by Crippen LogP contribution is -2.18. The Bertz CT molecular complexity index is 689. The highest BCUT2D eigenvalue weighted by atomic mass is 79.9. The molecule has 0 aliphatic carbocycles. The van der Waals surface area contributed by atoms with Crippen LogP contribution in [0.3, 0.4) is 0 Å². The quantitative estimate of drug-likeness (QED) is 0.617. The van der Waals surface area contributed by atoms with E-state index in [1.165, 1.54) is 0 Å². The zero-order valence-corrected chi connectivity index (χ0v) is 11.5. The minimum atomic E-state index is -0.197. The molecule has 0 fully saturated rings. The second kappa shape index (κ2) is 4.25. The van der Waals surface area contributed by atoms with Gasteiger partial charge in [0.25, 0.3) is 0 Å². The van der Waals surface area contributed by atoms with Gasteiger partial charge in [-0.15, -0.1) is 0 Å². The van der Waals surface area contributed by atoms with Gasteiger partial charge in [0.1, 0.15) is 0 Å². The second-order valence-corrected chi connectivity index (χ2v) is 5.70. The Hall–Kier alpha value is -1.61. The van der Waals surface area contributed by atoms with E-state index in [0.29, 0.717) is 0 Å². The van der Waals surface area contributed by atoms with E-state index in [1.807, 2.05) is 43.3 Å². The van der Waals surface area contributed by atoms with Crippen molar-refractivity contribution >= 4 is 43.6 Å². The summed E-state index contributed by atoms with van der Waals surface area (Å²) in [4.78, 5) is 12.2. The van der Waals surface area contributed by atoms with Gasteiger partial charge in [-0.25, -0.2) is 0 Å². The molecule has 0 N–H and O–H groups in total. The number of alkyl halides is 1. The van der Waals surface area contributed by atoms with Gasteiger partial charge in [0.15, 0.2) is 0 Å². The first kappa shape index (κ1) is 11.5. The lowest BCUT2D eigenvalue weighted by atomic mass is 10.2. The molecule has 90 valence electrons. The number of halogens is 1. The smallest absolute Gasteiger partial charge is 0.245 e. The van der Waals surface area contributed by atoms with Gasteiger partial charge in [-0.2, -0.15) is 0 Å². The average molecular weight is 302 g/mol. The summed E-state index contributed by atoms with van der Waals surface area (Å²) in [5, 5.41) is 2.24. The number of aromatic nitrogens is 1. The number of carbonyl (C=O) groups is 1. The first-order valence-corrected chi connectivity index (χ1v) is 6.78. The number of rotatable bonds is 1. The number of hydrogen-bond acceptors (Lipinski definition) is 1. The fourth-order valence-corrected chi connectivity index (χ4v) is 2.54. The van der Waals surface area contributed by atoms with Gasteiger partial charge < -0.3 is 0 Å². The maximum atomic E-state index is 12.3. The fourth-order valence-electron chi connectivity index (χ4n) is 2.34. The summed E-state index contributed by atoms with van der Waals surface area (Å²) >= 11 is 3.36. The van der Waals surface area contributed by atoms with Crippen LogP contribution in [0, 0.1) is 0 Å². The first-order valence-electron chi connectivity index (χ1n) is 5.86. The first-order chi connectivity index (χ1) is 8.70. The standard InChI is InChI=1S/C15H12BrNO/c1-10(16)15(18)17-13-8-4-2-6-11(13)12-7-3-5-9-14(12)17/h2-10H,1H3. The van der Waals surface area contributed by atoms with Crippen molar-refractivity contribution in [1.29, 1.82) is 0 Å². The van der Waals surface area contributed by atoms with E-state index in [4.69, 9.17) is 0 Å². The summed E-state index contributed by atoms with van der Waals surface area (Å²) in [5.74, 6) is 0.0624. The highest BCUT2D eigenvalue weighted by molar-refractivity contribution is 9.10. The molecule has 1 heterocycles. The third kappa shape index (κ3) is 1.58. The maximum Gasteiger partial charge on any atom is 0.245 e. The molecule has 0 aliphatic rings. The summed E-state index contributed by atoms with van der Waals surface area (Å²) in [5.41, 5.74) is 1.94. The molecule has 0 radical (unpaired) electrons. The summed E-state index contributed by atoms with van der Waals surface area (Å²) in [7, 11) is 0. The second-order valence-electron chi connectivity index (χ2n) is 4.32. The van der Waals surface area contributed by atoms with E-state index in [0.717, 1.165) is 21.8 Å². The van der Waals surface area contributed by atoms with Gasteiger partial charge in [0.05, 0.1) is 15.9 Å². The lowest BCUT2D eigenvalue weighted by Gasteiger charge is -2.07. The monoisotopic (exact) mass is 301 g/mol. The van der Waals surface area contributed by atoms with E-state index >= 15 is 0 Å². The van der Waals surface area contributed by atoms with Crippen molar-refractivity contribution < 1.29 is 4.79 Å². The Balaban J connectivity index is 2.49. The van der Waals surface area contributed by atoms with Gasteiger partial charge in [0, 0.05) is 10.8 Å².